The van der Waals surface area contributed by atoms with Gasteiger partial charge >= 0.3 is 0 Å². The number of hydrogen-bond donors (Lipinski definition) is 1. The average Bonchev–Trinajstić information content (AvgIpc) is 2.23. The molecule has 15 heavy (non-hydrogen) atoms. The number of nitrogens with zero attached hydrogens (tertiary/aromatic N) is 2. The van der Waals surface area contributed by atoms with Crippen molar-refractivity contribution < 1.29 is 0 Å². The average molecular weight is 266 g/mol. The first-order valence-corrected chi connectivity index (χ1v) is 6.80. The number of thioether (sulfide) groups is 1. The molecule has 1 rings (SSSR count). The lowest BCUT2D eigenvalue weighted by atomic mass is 10.3. The molecule has 0 spiro atoms. The highest BCUT2D eigenvalue weighted by Crippen LogP contribution is 2.19. The van der Waals surface area contributed by atoms with E-state index >= 15 is 0 Å². The van der Waals surface area contributed by atoms with E-state index in [1.165, 1.54) is 18.4 Å². The Morgan fingerprint density at radius 3 is 2.93 bits per heavy atom. The summed E-state index contributed by atoms with van der Waals surface area (Å²) in [6.45, 7) is 0.855. The first-order valence-electron chi connectivity index (χ1n) is 4.65. The number of anilines is 1. The summed E-state index contributed by atoms with van der Waals surface area (Å²) in [4.78, 5) is 7.77. The molecule has 3 nitrogen and oxygen atoms in total. The third-order valence-electron chi connectivity index (χ3n) is 1.78. The summed E-state index contributed by atoms with van der Waals surface area (Å²) in [5.41, 5.74) is 0. The van der Waals surface area contributed by atoms with Gasteiger partial charge in [0.25, 0.3) is 0 Å². The molecule has 0 radical (unpaired) electrons. The van der Waals surface area contributed by atoms with Crippen LogP contribution in [0.4, 0.5) is 5.82 Å². The van der Waals surface area contributed by atoms with Crippen LogP contribution >= 0.6 is 35.0 Å². The van der Waals surface area contributed by atoms with Gasteiger partial charge in [-0.1, -0.05) is 11.6 Å². The maximum atomic E-state index is 5.89. The standard InChI is InChI=1S/C9H13Cl2N3S/c1-15-5-3-2-4-12-8-7(10)6-13-9(11)14-8/h6H,2-5H2,1H3,(H,12,13,14). The summed E-state index contributed by atoms with van der Waals surface area (Å²) in [5, 5.41) is 3.85. The summed E-state index contributed by atoms with van der Waals surface area (Å²) >= 11 is 13.4. The molecule has 0 unspecified atom stereocenters. The van der Waals surface area contributed by atoms with Gasteiger partial charge in [0, 0.05) is 6.54 Å². The van der Waals surface area contributed by atoms with Crippen LogP contribution in [0.2, 0.25) is 10.3 Å². The lowest BCUT2D eigenvalue weighted by Crippen LogP contribution is -2.04. The van der Waals surface area contributed by atoms with E-state index in [4.69, 9.17) is 23.2 Å². The van der Waals surface area contributed by atoms with E-state index in [1.807, 2.05) is 11.8 Å². The maximum absolute atomic E-state index is 5.89. The topological polar surface area (TPSA) is 37.8 Å². The van der Waals surface area contributed by atoms with Crippen molar-refractivity contribution >= 4 is 40.8 Å². The highest BCUT2D eigenvalue weighted by Gasteiger charge is 2.02. The van der Waals surface area contributed by atoms with E-state index in [1.54, 1.807) is 0 Å². The van der Waals surface area contributed by atoms with Crippen molar-refractivity contribution in [2.75, 3.05) is 23.9 Å². The van der Waals surface area contributed by atoms with Crippen molar-refractivity contribution in [2.24, 2.45) is 0 Å². The molecular formula is C9H13Cl2N3S. The van der Waals surface area contributed by atoms with Gasteiger partial charge in [-0.05, 0) is 36.5 Å². The third-order valence-corrected chi connectivity index (χ3v) is 2.94. The summed E-state index contributed by atoms with van der Waals surface area (Å²) < 4.78 is 0. The zero-order valence-electron chi connectivity index (χ0n) is 8.46. The fourth-order valence-electron chi connectivity index (χ4n) is 1.05. The number of hydrogen-bond acceptors (Lipinski definition) is 4. The van der Waals surface area contributed by atoms with Crippen LogP contribution in [-0.2, 0) is 0 Å². The summed E-state index contributed by atoms with van der Waals surface area (Å²) in [7, 11) is 0. The summed E-state index contributed by atoms with van der Waals surface area (Å²) in [6, 6.07) is 0. The molecule has 1 N–H and O–H groups in total. The summed E-state index contributed by atoms with van der Waals surface area (Å²) in [5.74, 6) is 1.79. The van der Waals surface area contributed by atoms with Gasteiger partial charge in [-0.2, -0.15) is 16.7 Å². The molecule has 84 valence electrons. The Kier molecular flexibility index (Phi) is 6.13. The zero-order chi connectivity index (χ0) is 11.1. The highest BCUT2D eigenvalue weighted by molar-refractivity contribution is 7.98. The van der Waals surface area contributed by atoms with Crippen LogP contribution in [0, 0.1) is 0 Å². The molecule has 0 bridgehead atoms. The molecule has 0 saturated carbocycles. The van der Waals surface area contributed by atoms with Gasteiger partial charge in [0.2, 0.25) is 5.28 Å². The fraction of sp³-hybridized carbons (Fsp3) is 0.556. The van der Waals surface area contributed by atoms with Crippen LogP contribution in [0.15, 0.2) is 6.20 Å². The Morgan fingerprint density at radius 1 is 1.40 bits per heavy atom. The smallest absolute Gasteiger partial charge is 0.224 e. The van der Waals surface area contributed by atoms with Gasteiger partial charge in [-0.25, -0.2) is 4.98 Å². The number of aromatic nitrogens is 2. The fourth-order valence-corrected chi connectivity index (χ4v) is 1.83. The van der Waals surface area contributed by atoms with Gasteiger partial charge in [-0.3, -0.25) is 0 Å². The molecule has 0 aromatic carbocycles. The Bertz CT molecular complexity index is 309. The molecule has 1 aromatic rings. The van der Waals surface area contributed by atoms with Crippen molar-refractivity contribution in [3.05, 3.63) is 16.5 Å². The first kappa shape index (κ1) is 12.9. The van der Waals surface area contributed by atoms with Crippen molar-refractivity contribution in [2.45, 2.75) is 12.8 Å². The molecule has 0 saturated heterocycles. The molecule has 0 aliphatic heterocycles. The lowest BCUT2D eigenvalue weighted by molar-refractivity contribution is 0.839. The monoisotopic (exact) mass is 265 g/mol. The van der Waals surface area contributed by atoms with Crippen molar-refractivity contribution in [3.8, 4) is 0 Å². The van der Waals surface area contributed by atoms with Gasteiger partial charge in [0.05, 0.1) is 6.20 Å². The Labute approximate surface area is 104 Å². The minimum Gasteiger partial charge on any atom is -0.369 e. The van der Waals surface area contributed by atoms with E-state index in [0.717, 1.165) is 13.0 Å². The molecule has 0 atom stereocenters. The molecule has 1 aromatic heterocycles. The zero-order valence-corrected chi connectivity index (χ0v) is 10.8. The minimum absolute atomic E-state index is 0.214. The van der Waals surface area contributed by atoms with Gasteiger partial charge in [0.15, 0.2) is 0 Å². The van der Waals surface area contributed by atoms with E-state index < -0.39 is 0 Å². The predicted octanol–water partition coefficient (Wildman–Crippen LogP) is 3.34. The van der Waals surface area contributed by atoms with E-state index in [0.29, 0.717) is 10.8 Å². The second-order valence-corrected chi connectivity index (χ2v) is 4.69. The minimum atomic E-state index is 0.214. The Balaban J connectivity index is 2.33. The van der Waals surface area contributed by atoms with E-state index in [2.05, 4.69) is 21.5 Å². The molecule has 1 heterocycles. The van der Waals surface area contributed by atoms with E-state index in [9.17, 15) is 0 Å². The SMILES string of the molecule is CSCCCCNc1nc(Cl)ncc1Cl. The molecule has 0 amide bonds. The first-order chi connectivity index (χ1) is 7.24. The molecule has 6 heteroatoms. The van der Waals surface area contributed by atoms with Crippen molar-refractivity contribution in [1.82, 2.24) is 9.97 Å². The van der Waals surface area contributed by atoms with Gasteiger partial charge in [-0.15, -0.1) is 0 Å². The van der Waals surface area contributed by atoms with Crippen LogP contribution in [0.3, 0.4) is 0 Å². The van der Waals surface area contributed by atoms with Crippen LogP contribution in [0.1, 0.15) is 12.8 Å². The van der Waals surface area contributed by atoms with Crippen LogP contribution in [0.5, 0.6) is 0 Å². The highest BCUT2D eigenvalue weighted by atomic mass is 35.5. The molecule has 0 aliphatic carbocycles. The largest absolute Gasteiger partial charge is 0.369 e. The van der Waals surface area contributed by atoms with Crippen LogP contribution < -0.4 is 5.32 Å². The molecule has 0 aliphatic rings. The number of nitrogens with one attached hydrogen (secondary N) is 1. The number of rotatable bonds is 6. The second-order valence-electron chi connectivity index (χ2n) is 2.96. The molecule has 0 fully saturated rings. The lowest BCUT2D eigenvalue weighted by Gasteiger charge is -2.06. The van der Waals surface area contributed by atoms with Gasteiger partial charge in [0.1, 0.15) is 10.8 Å². The molecular weight excluding hydrogens is 253 g/mol. The van der Waals surface area contributed by atoms with Gasteiger partial charge < -0.3 is 5.32 Å². The quantitative estimate of drug-likeness (QED) is 0.633. The van der Waals surface area contributed by atoms with E-state index in [-0.39, 0.29) is 5.28 Å². The van der Waals surface area contributed by atoms with Crippen LogP contribution in [-0.4, -0.2) is 28.5 Å². The Hall–Kier alpha value is -0.190. The predicted molar refractivity (Wildman–Crippen MR) is 68.2 cm³/mol. The normalized spacial score (nSPS) is 10.3. The maximum Gasteiger partial charge on any atom is 0.224 e. The Morgan fingerprint density at radius 2 is 2.20 bits per heavy atom. The second kappa shape index (κ2) is 7.14. The van der Waals surface area contributed by atoms with Crippen molar-refractivity contribution in [3.63, 3.8) is 0 Å². The number of halogens is 2. The van der Waals surface area contributed by atoms with Crippen LogP contribution in [0.25, 0.3) is 0 Å². The summed E-state index contributed by atoms with van der Waals surface area (Å²) in [6.07, 6.45) is 5.89. The number of unbranched alkanes of at least 4 members (excludes halogenated alkanes) is 1. The van der Waals surface area contributed by atoms with Crippen molar-refractivity contribution in [1.29, 1.82) is 0 Å². The third kappa shape index (κ3) is 4.91.